The molecule has 2 N–H and O–H groups in total. The van der Waals surface area contributed by atoms with Crippen LogP contribution in [0.15, 0.2) is 60.8 Å². The van der Waals surface area contributed by atoms with Gasteiger partial charge in [0.05, 0.1) is 0 Å². The number of hydrogen-bond acceptors (Lipinski definition) is 3. The molecule has 0 saturated heterocycles. The Bertz CT molecular complexity index is 1030. The number of nitrogens with one attached hydrogen (secondary N) is 2. The van der Waals surface area contributed by atoms with Crippen molar-refractivity contribution in [2.75, 3.05) is 10.6 Å². The summed E-state index contributed by atoms with van der Waals surface area (Å²) >= 11 is 6.09. The minimum Gasteiger partial charge on any atom is -0.322 e. The van der Waals surface area contributed by atoms with Crippen LogP contribution in [0.3, 0.4) is 0 Å². The number of aromatic nitrogens is 1. The first-order chi connectivity index (χ1) is 13.5. The van der Waals surface area contributed by atoms with E-state index < -0.39 is 5.91 Å². The van der Waals surface area contributed by atoms with Gasteiger partial charge in [0.15, 0.2) is 0 Å². The Balaban J connectivity index is 1.78. The second kappa shape index (κ2) is 8.67. The molecule has 1 heterocycles. The van der Waals surface area contributed by atoms with Gasteiger partial charge in [-0.25, -0.2) is 0 Å². The number of benzene rings is 2. The second-order valence-electron chi connectivity index (χ2n) is 6.26. The summed E-state index contributed by atoms with van der Waals surface area (Å²) in [5.74, 6) is -0.703. The molecule has 3 aromatic rings. The van der Waals surface area contributed by atoms with Crippen molar-refractivity contribution in [2.45, 2.75) is 20.3 Å². The maximum absolute atomic E-state index is 12.6. The lowest BCUT2D eigenvalue weighted by Crippen LogP contribution is -2.17. The molecule has 28 heavy (non-hydrogen) atoms. The third-order valence-corrected chi connectivity index (χ3v) is 4.83. The van der Waals surface area contributed by atoms with E-state index in [-0.39, 0.29) is 11.6 Å². The van der Waals surface area contributed by atoms with Gasteiger partial charge in [-0.2, -0.15) is 0 Å². The molecule has 0 spiro atoms. The summed E-state index contributed by atoms with van der Waals surface area (Å²) < 4.78 is 0. The minimum absolute atomic E-state index is 0.149. The Kier molecular flexibility index (Phi) is 6.06. The number of amides is 2. The smallest absolute Gasteiger partial charge is 0.274 e. The zero-order valence-electron chi connectivity index (χ0n) is 15.6. The predicted octanol–water partition coefficient (Wildman–Crippen LogP) is 5.11. The van der Waals surface area contributed by atoms with Gasteiger partial charge < -0.3 is 10.6 Å². The highest BCUT2D eigenvalue weighted by molar-refractivity contribution is 6.31. The van der Waals surface area contributed by atoms with Crippen LogP contribution < -0.4 is 10.6 Å². The molecule has 1 aromatic heterocycles. The molecular formula is C22H20ClN3O2. The maximum atomic E-state index is 12.6. The van der Waals surface area contributed by atoms with Crippen LogP contribution in [0, 0.1) is 6.92 Å². The molecule has 5 nitrogen and oxygen atoms in total. The van der Waals surface area contributed by atoms with E-state index in [9.17, 15) is 9.59 Å². The van der Waals surface area contributed by atoms with Crippen LogP contribution in [0.25, 0.3) is 0 Å². The fourth-order valence-corrected chi connectivity index (χ4v) is 2.94. The number of pyridine rings is 1. The summed E-state index contributed by atoms with van der Waals surface area (Å²) in [7, 11) is 0. The minimum atomic E-state index is -0.408. The first kappa shape index (κ1) is 19.6. The Labute approximate surface area is 168 Å². The van der Waals surface area contributed by atoms with Gasteiger partial charge in [-0.3, -0.25) is 14.6 Å². The van der Waals surface area contributed by atoms with Gasteiger partial charge in [-0.05, 0) is 54.8 Å². The number of anilines is 2. The van der Waals surface area contributed by atoms with Crippen LogP contribution in [-0.2, 0) is 6.42 Å². The van der Waals surface area contributed by atoms with Gasteiger partial charge in [0.1, 0.15) is 5.69 Å². The SMILES string of the molecule is CCc1ccccc1NC(=O)c1ccnc(C(=O)Nc2cccc(Cl)c2C)c1. The highest BCUT2D eigenvalue weighted by Crippen LogP contribution is 2.23. The van der Waals surface area contributed by atoms with Crippen LogP contribution in [0.1, 0.15) is 38.9 Å². The topological polar surface area (TPSA) is 71.1 Å². The molecule has 0 fully saturated rings. The van der Waals surface area contributed by atoms with E-state index in [4.69, 9.17) is 11.6 Å². The summed E-state index contributed by atoms with van der Waals surface area (Å²) in [4.78, 5) is 29.3. The summed E-state index contributed by atoms with van der Waals surface area (Å²) in [6.07, 6.45) is 2.25. The average molecular weight is 394 g/mol. The lowest BCUT2D eigenvalue weighted by molar-refractivity contribution is 0.102. The van der Waals surface area contributed by atoms with E-state index >= 15 is 0 Å². The molecule has 0 aliphatic carbocycles. The fourth-order valence-electron chi connectivity index (χ4n) is 2.77. The number of carbonyl (C=O) groups is 2. The molecule has 3 rings (SSSR count). The van der Waals surface area contributed by atoms with Crippen molar-refractivity contribution >= 4 is 34.8 Å². The number of aryl methyl sites for hydroxylation is 1. The molecule has 142 valence electrons. The second-order valence-corrected chi connectivity index (χ2v) is 6.67. The van der Waals surface area contributed by atoms with E-state index in [1.54, 1.807) is 24.3 Å². The van der Waals surface area contributed by atoms with Crippen molar-refractivity contribution in [3.8, 4) is 0 Å². The number of halogens is 1. The van der Waals surface area contributed by atoms with Crippen molar-refractivity contribution in [3.63, 3.8) is 0 Å². The Morgan fingerprint density at radius 1 is 0.964 bits per heavy atom. The van der Waals surface area contributed by atoms with Gasteiger partial charge in [0.25, 0.3) is 11.8 Å². The highest BCUT2D eigenvalue weighted by atomic mass is 35.5. The van der Waals surface area contributed by atoms with Gasteiger partial charge in [-0.1, -0.05) is 42.8 Å². The number of para-hydroxylation sites is 1. The maximum Gasteiger partial charge on any atom is 0.274 e. The molecule has 2 aromatic carbocycles. The summed E-state index contributed by atoms with van der Waals surface area (Å²) in [6.45, 7) is 3.85. The lowest BCUT2D eigenvalue weighted by Gasteiger charge is -2.11. The van der Waals surface area contributed by atoms with E-state index in [1.165, 1.54) is 12.3 Å². The summed E-state index contributed by atoms with van der Waals surface area (Å²) in [6, 6.07) is 15.9. The summed E-state index contributed by atoms with van der Waals surface area (Å²) in [5, 5.41) is 6.24. The highest BCUT2D eigenvalue weighted by Gasteiger charge is 2.14. The normalized spacial score (nSPS) is 10.4. The zero-order valence-corrected chi connectivity index (χ0v) is 16.4. The number of nitrogens with zero attached hydrogens (tertiary/aromatic N) is 1. The van der Waals surface area contributed by atoms with Crippen LogP contribution in [-0.4, -0.2) is 16.8 Å². The molecule has 2 amide bonds. The fraction of sp³-hybridized carbons (Fsp3) is 0.136. The van der Waals surface area contributed by atoms with E-state index in [1.807, 2.05) is 38.1 Å². The first-order valence-electron chi connectivity index (χ1n) is 8.91. The molecule has 0 atom stereocenters. The largest absolute Gasteiger partial charge is 0.322 e. The average Bonchev–Trinajstić information content (AvgIpc) is 2.72. The molecular weight excluding hydrogens is 374 g/mol. The van der Waals surface area contributed by atoms with E-state index in [0.29, 0.717) is 16.3 Å². The molecule has 0 saturated carbocycles. The number of carbonyl (C=O) groups excluding carboxylic acids is 2. The predicted molar refractivity (Wildman–Crippen MR) is 112 cm³/mol. The summed E-state index contributed by atoms with van der Waals surface area (Å²) in [5.41, 5.74) is 3.67. The standard InChI is InChI=1S/C22H20ClN3O2/c1-3-15-7-4-5-9-19(15)26-21(27)16-11-12-24-20(13-16)22(28)25-18-10-6-8-17(23)14(18)2/h4-13H,3H2,1-2H3,(H,25,28)(H,26,27). The third kappa shape index (κ3) is 4.38. The first-order valence-corrected chi connectivity index (χ1v) is 9.29. The van der Waals surface area contributed by atoms with E-state index in [0.717, 1.165) is 23.2 Å². The van der Waals surface area contributed by atoms with Crippen molar-refractivity contribution in [3.05, 3.63) is 88.2 Å². The quantitative estimate of drug-likeness (QED) is 0.632. The molecule has 6 heteroatoms. The molecule has 0 aliphatic rings. The van der Waals surface area contributed by atoms with Gasteiger partial charge in [-0.15, -0.1) is 0 Å². The van der Waals surface area contributed by atoms with Gasteiger partial charge >= 0.3 is 0 Å². The molecule has 0 unspecified atom stereocenters. The lowest BCUT2D eigenvalue weighted by atomic mass is 10.1. The van der Waals surface area contributed by atoms with Crippen molar-refractivity contribution in [2.24, 2.45) is 0 Å². The zero-order chi connectivity index (χ0) is 20.1. The third-order valence-electron chi connectivity index (χ3n) is 4.42. The molecule has 0 radical (unpaired) electrons. The molecule has 0 bridgehead atoms. The van der Waals surface area contributed by atoms with Crippen molar-refractivity contribution in [1.29, 1.82) is 0 Å². The Morgan fingerprint density at radius 3 is 2.46 bits per heavy atom. The Hall–Kier alpha value is -3.18. The van der Waals surface area contributed by atoms with Gasteiger partial charge in [0.2, 0.25) is 0 Å². The van der Waals surface area contributed by atoms with E-state index in [2.05, 4.69) is 15.6 Å². The monoisotopic (exact) mass is 393 g/mol. The van der Waals surface area contributed by atoms with Crippen LogP contribution in [0.4, 0.5) is 11.4 Å². The van der Waals surface area contributed by atoms with Crippen LogP contribution in [0.5, 0.6) is 0 Å². The van der Waals surface area contributed by atoms with Gasteiger partial charge in [0, 0.05) is 28.2 Å². The van der Waals surface area contributed by atoms with Crippen LogP contribution in [0.2, 0.25) is 5.02 Å². The Morgan fingerprint density at radius 2 is 1.68 bits per heavy atom. The molecule has 0 aliphatic heterocycles. The van der Waals surface area contributed by atoms with Crippen LogP contribution >= 0.6 is 11.6 Å². The number of rotatable bonds is 5. The van der Waals surface area contributed by atoms with Crippen molar-refractivity contribution in [1.82, 2.24) is 4.98 Å². The van der Waals surface area contributed by atoms with Crippen molar-refractivity contribution < 1.29 is 9.59 Å². The number of hydrogen-bond donors (Lipinski definition) is 2.